The lowest BCUT2D eigenvalue weighted by atomic mass is 9.87. The molecule has 0 spiro atoms. The molecule has 0 N–H and O–H groups in total. The van der Waals surface area contributed by atoms with Crippen LogP contribution in [0.1, 0.15) is 11.1 Å². The van der Waals surface area contributed by atoms with Gasteiger partial charge in [0.25, 0.3) is 0 Å². The number of hydrogen-bond donors (Lipinski definition) is 0. The fraction of sp³-hybridized carbons (Fsp3) is 0. The van der Waals surface area contributed by atoms with E-state index in [1.165, 1.54) is 37.8 Å². The Bertz CT molecular complexity index is 4420. The van der Waals surface area contributed by atoms with Gasteiger partial charge >= 0.3 is 0 Å². The van der Waals surface area contributed by atoms with E-state index in [4.69, 9.17) is 9.97 Å². The van der Waals surface area contributed by atoms with Crippen LogP contribution in [0.15, 0.2) is 213 Å². The highest BCUT2D eigenvalue weighted by Crippen LogP contribution is 2.50. The maximum absolute atomic E-state index is 5.66. The summed E-state index contributed by atoms with van der Waals surface area (Å²) in [5.74, 6) is 0.591. The van der Waals surface area contributed by atoms with Crippen molar-refractivity contribution in [1.82, 2.24) is 23.7 Å². The number of benzene rings is 10. The number of fused-ring (bicyclic) bond motifs is 16. The Kier molecular flexibility index (Phi) is 7.92. The van der Waals surface area contributed by atoms with Crippen molar-refractivity contribution in [2.75, 3.05) is 0 Å². The van der Waals surface area contributed by atoms with Crippen molar-refractivity contribution in [1.29, 1.82) is 0 Å². The maximum atomic E-state index is 5.66. The molecule has 67 heavy (non-hydrogen) atoms. The van der Waals surface area contributed by atoms with Gasteiger partial charge in [0.1, 0.15) is 0 Å². The maximum Gasteiger partial charge on any atom is 0.235 e. The summed E-state index contributed by atoms with van der Waals surface area (Å²) in [4.78, 5) is 11.1. The topological polar surface area (TPSA) is 40.6 Å². The predicted octanol–water partition coefficient (Wildman–Crippen LogP) is 16.2. The minimum atomic E-state index is 0.591. The lowest BCUT2D eigenvalue weighted by molar-refractivity contribution is 1.01. The van der Waals surface area contributed by atoms with Crippen molar-refractivity contribution in [2.24, 2.45) is 0 Å². The zero-order chi connectivity index (χ0) is 44.3. The van der Waals surface area contributed by atoms with Crippen molar-refractivity contribution < 1.29 is 0 Å². The number of aromatic nitrogens is 5. The Labute approximate surface area is 385 Å². The molecule has 0 aliphatic rings. The van der Waals surface area contributed by atoms with E-state index < -0.39 is 0 Å². The summed E-state index contributed by atoms with van der Waals surface area (Å²) in [6.45, 7) is 9.04. The Morgan fingerprint density at radius 2 is 0.851 bits per heavy atom. The van der Waals surface area contributed by atoms with E-state index in [2.05, 4.69) is 227 Å². The molecule has 14 aromatic rings. The van der Waals surface area contributed by atoms with Gasteiger partial charge < -0.3 is 9.13 Å². The van der Waals surface area contributed by atoms with Crippen LogP contribution >= 0.6 is 0 Å². The summed E-state index contributed by atoms with van der Waals surface area (Å²) in [7, 11) is 0. The molecule has 0 amide bonds. The molecule has 10 aromatic carbocycles. The quantitative estimate of drug-likeness (QED) is 0.156. The van der Waals surface area contributed by atoms with E-state index in [1.807, 2.05) is 12.2 Å². The van der Waals surface area contributed by atoms with Crippen LogP contribution in [0.25, 0.3) is 139 Å². The first-order valence-electron chi connectivity index (χ1n) is 22.7. The molecule has 4 heterocycles. The number of rotatable bonds is 6. The standard InChI is InChI=1S/C62H39N5/c1-3-41-42(4-2)60-56(58-55(41)44-26-11-12-27-45(44)61-57(58)47-29-15-19-33-52(47)66(61)40-23-9-6-10-24-40)48-30-16-20-34-53(48)67(60)62-63-50-31-17-13-28-46(50)59(64-62)38-35-36-54-49(37-38)43-25-14-18-32-51(43)65(54)39-21-7-5-8-22-39/h3-37H,1-2H2. The highest BCUT2D eigenvalue weighted by Gasteiger charge is 2.28. The summed E-state index contributed by atoms with van der Waals surface area (Å²) < 4.78 is 7.08. The van der Waals surface area contributed by atoms with Gasteiger partial charge in [0, 0.05) is 71.0 Å². The molecule has 0 fully saturated rings. The van der Waals surface area contributed by atoms with E-state index in [1.54, 1.807) is 0 Å². The first-order valence-corrected chi connectivity index (χ1v) is 22.7. The fourth-order valence-corrected chi connectivity index (χ4v) is 11.3. The molecule has 0 aliphatic heterocycles. The highest BCUT2D eigenvalue weighted by molar-refractivity contribution is 6.41. The molecular weight excluding hydrogens is 815 g/mol. The molecule has 4 aromatic heterocycles. The lowest BCUT2D eigenvalue weighted by Gasteiger charge is -2.18. The predicted molar refractivity (Wildman–Crippen MR) is 283 cm³/mol. The van der Waals surface area contributed by atoms with Gasteiger partial charge in [-0.2, -0.15) is 0 Å². The van der Waals surface area contributed by atoms with Gasteiger partial charge in [0.05, 0.1) is 44.3 Å². The van der Waals surface area contributed by atoms with Crippen molar-refractivity contribution in [2.45, 2.75) is 0 Å². The smallest absolute Gasteiger partial charge is 0.235 e. The summed E-state index contributed by atoms with van der Waals surface area (Å²) in [5, 5.41) is 12.6. The van der Waals surface area contributed by atoms with Gasteiger partial charge in [0.15, 0.2) is 0 Å². The highest BCUT2D eigenvalue weighted by atomic mass is 15.2. The largest absolute Gasteiger partial charge is 0.309 e. The van der Waals surface area contributed by atoms with E-state index in [0.717, 1.165) is 93.8 Å². The van der Waals surface area contributed by atoms with Crippen molar-refractivity contribution in [3.05, 3.63) is 224 Å². The van der Waals surface area contributed by atoms with E-state index in [-0.39, 0.29) is 0 Å². The van der Waals surface area contributed by atoms with Crippen LogP contribution in [-0.2, 0) is 0 Å². The average molecular weight is 854 g/mol. The SMILES string of the molecule is C=Cc1c(C=C)c2c(c3ccccc3n2-c2nc(-c3ccc4c(c3)c3ccccc3n4-c3ccccc3)c3ccccc3n2)c2c1c1ccccc1c1c2c2ccccc2n1-c1ccccc1. The molecule has 0 unspecified atom stereocenters. The Morgan fingerprint density at radius 1 is 0.343 bits per heavy atom. The van der Waals surface area contributed by atoms with E-state index >= 15 is 0 Å². The van der Waals surface area contributed by atoms with Crippen LogP contribution in [0.2, 0.25) is 0 Å². The monoisotopic (exact) mass is 853 g/mol. The molecule has 14 rings (SSSR count). The van der Waals surface area contributed by atoms with Crippen LogP contribution in [-0.4, -0.2) is 23.7 Å². The normalized spacial score (nSPS) is 12.0. The zero-order valence-corrected chi connectivity index (χ0v) is 36.4. The summed E-state index contributed by atoms with van der Waals surface area (Å²) >= 11 is 0. The second-order valence-electron chi connectivity index (χ2n) is 17.3. The van der Waals surface area contributed by atoms with Gasteiger partial charge in [-0.1, -0.05) is 165 Å². The molecule has 5 heteroatoms. The molecule has 0 radical (unpaired) electrons. The lowest BCUT2D eigenvalue weighted by Crippen LogP contribution is -2.05. The minimum absolute atomic E-state index is 0.591. The second-order valence-corrected chi connectivity index (χ2v) is 17.3. The molecule has 0 atom stereocenters. The Balaban J connectivity index is 1.14. The third-order valence-electron chi connectivity index (χ3n) is 13.9. The molecular formula is C62H39N5. The fourth-order valence-electron chi connectivity index (χ4n) is 11.3. The van der Waals surface area contributed by atoms with Crippen molar-refractivity contribution >= 4 is 110 Å². The Morgan fingerprint density at radius 3 is 1.52 bits per heavy atom. The third-order valence-corrected chi connectivity index (χ3v) is 13.9. The van der Waals surface area contributed by atoms with Gasteiger partial charge in [-0.05, 0) is 77.0 Å². The van der Waals surface area contributed by atoms with Gasteiger partial charge in [-0.15, -0.1) is 0 Å². The third kappa shape index (κ3) is 5.14. The van der Waals surface area contributed by atoms with Gasteiger partial charge in [-0.3, -0.25) is 4.57 Å². The molecule has 312 valence electrons. The van der Waals surface area contributed by atoms with Crippen molar-refractivity contribution in [3.63, 3.8) is 0 Å². The van der Waals surface area contributed by atoms with E-state index in [0.29, 0.717) is 5.95 Å². The van der Waals surface area contributed by atoms with Crippen LogP contribution in [0, 0.1) is 0 Å². The molecule has 0 saturated heterocycles. The van der Waals surface area contributed by atoms with Crippen molar-refractivity contribution in [3.8, 4) is 28.6 Å². The zero-order valence-electron chi connectivity index (χ0n) is 36.4. The Hall–Kier alpha value is -9.06. The minimum Gasteiger partial charge on any atom is -0.309 e. The molecule has 5 nitrogen and oxygen atoms in total. The molecule has 0 aliphatic carbocycles. The second kappa shape index (κ2) is 14.2. The number of nitrogens with zero attached hydrogens (tertiary/aromatic N) is 5. The average Bonchev–Trinajstić information content (AvgIpc) is 4.04. The number of para-hydroxylation sites is 6. The summed E-state index contributed by atoms with van der Waals surface area (Å²) in [6.07, 6.45) is 4.02. The van der Waals surface area contributed by atoms with Gasteiger partial charge in [0.2, 0.25) is 5.95 Å². The number of hydrogen-bond acceptors (Lipinski definition) is 2. The van der Waals surface area contributed by atoms with Crippen LogP contribution in [0.4, 0.5) is 0 Å². The first kappa shape index (κ1) is 37.3. The summed E-state index contributed by atoms with van der Waals surface area (Å²) in [5.41, 5.74) is 13.6. The molecule has 0 saturated carbocycles. The summed E-state index contributed by atoms with van der Waals surface area (Å²) in [6, 6.07) is 71.5. The molecule has 0 bridgehead atoms. The van der Waals surface area contributed by atoms with Gasteiger partial charge in [-0.25, -0.2) is 9.97 Å². The van der Waals surface area contributed by atoms with Crippen LogP contribution in [0.3, 0.4) is 0 Å². The van der Waals surface area contributed by atoms with E-state index in [9.17, 15) is 0 Å². The van der Waals surface area contributed by atoms with Crippen LogP contribution < -0.4 is 0 Å². The first-order chi connectivity index (χ1) is 33.2. The van der Waals surface area contributed by atoms with Crippen LogP contribution in [0.5, 0.6) is 0 Å².